The molecule has 0 fully saturated rings. The van der Waals surface area contributed by atoms with Gasteiger partial charge < -0.3 is 4.74 Å². The molecule has 2 aromatic carbocycles. The number of hydrogen-bond donors (Lipinski definition) is 0. The molecular formula is C25H25N3O4S2. The van der Waals surface area contributed by atoms with E-state index in [2.05, 4.69) is 11.9 Å². The Hall–Kier alpha value is -3.30. The second-order valence-electron chi connectivity index (χ2n) is 7.69. The van der Waals surface area contributed by atoms with Gasteiger partial charge in [0.05, 0.1) is 34.5 Å². The summed E-state index contributed by atoms with van der Waals surface area (Å²) in [5, 5.41) is 0.555. The highest BCUT2D eigenvalue weighted by molar-refractivity contribution is 7.91. The number of carbonyl (C=O) groups is 1. The Balaban J connectivity index is 1.60. The van der Waals surface area contributed by atoms with Gasteiger partial charge in [0.2, 0.25) is 5.91 Å². The van der Waals surface area contributed by atoms with Crippen molar-refractivity contribution in [3.63, 3.8) is 0 Å². The Bertz CT molecular complexity index is 1380. The van der Waals surface area contributed by atoms with Crippen LogP contribution in [0.4, 0.5) is 5.13 Å². The number of pyridine rings is 1. The van der Waals surface area contributed by atoms with E-state index in [1.54, 1.807) is 29.4 Å². The average Bonchev–Trinajstić information content (AvgIpc) is 3.30. The second kappa shape index (κ2) is 10.3. The summed E-state index contributed by atoms with van der Waals surface area (Å²) in [5.41, 5.74) is 2.87. The molecule has 4 aromatic rings. The van der Waals surface area contributed by atoms with Gasteiger partial charge in [-0.15, -0.1) is 0 Å². The van der Waals surface area contributed by atoms with Crippen molar-refractivity contribution in [2.24, 2.45) is 0 Å². The van der Waals surface area contributed by atoms with Crippen LogP contribution < -0.4 is 9.64 Å². The van der Waals surface area contributed by atoms with Crippen molar-refractivity contribution in [1.82, 2.24) is 9.97 Å². The number of thiazole rings is 1. The Kier molecular flexibility index (Phi) is 7.23. The van der Waals surface area contributed by atoms with Crippen molar-refractivity contribution in [3.8, 4) is 5.75 Å². The Labute approximate surface area is 203 Å². The number of amides is 1. The second-order valence-corrected chi connectivity index (χ2v) is 10.8. The molecule has 34 heavy (non-hydrogen) atoms. The molecule has 2 aromatic heterocycles. The maximum atomic E-state index is 13.4. The molecule has 0 saturated carbocycles. The summed E-state index contributed by atoms with van der Waals surface area (Å²) >= 11 is 1.43. The van der Waals surface area contributed by atoms with E-state index < -0.39 is 9.84 Å². The molecule has 0 saturated heterocycles. The summed E-state index contributed by atoms with van der Waals surface area (Å²) in [6.45, 7) is 2.35. The van der Waals surface area contributed by atoms with Gasteiger partial charge in [0, 0.05) is 18.8 Å². The molecule has 0 atom stereocenters. The summed E-state index contributed by atoms with van der Waals surface area (Å²) in [5.74, 6) is -0.0253. The van der Waals surface area contributed by atoms with Gasteiger partial charge in [0.25, 0.3) is 0 Å². The van der Waals surface area contributed by atoms with E-state index in [9.17, 15) is 13.2 Å². The van der Waals surface area contributed by atoms with Crippen LogP contribution in [0.25, 0.3) is 10.2 Å². The van der Waals surface area contributed by atoms with Crippen molar-refractivity contribution in [2.45, 2.75) is 31.2 Å². The largest absolute Gasteiger partial charge is 0.497 e. The van der Waals surface area contributed by atoms with Gasteiger partial charge in [0.15, 0.2) is 15.0 Å². The number of benzene rings is 2. The number of rotatable bonds is 9. The maximum Gasteiger partial charge on any atom is 0.230 e. The number of aryl methyl sites for hydroxylation is 1. The number of anilines is 1. The van der Waals surface area contributed by atoms with Crippen LogP contribution in [0.1, 0.15) is 24.5 Å². The number of carbonyl (C=O) groups excluding carboxylic acids is 1. The Morgan fingerprint density at radius 3 is 2.47 bits per heavy atom. The van der Waals surface area contributed by atoms with Gasteiger partial charge in [-0.05, 0) is 60.0 Å². The minimum atomic E-state index is -3.63. The van der Waals surface area contributed by atoms with Crippen molar-refractivity contribution in [1.29, 1.82) is 0 Å². The third-order valence-electron chi connectivity index (χ3n) is 5.50. The predicted molar refractivity (Wildman–Crippen MR) is 134 cm³/mol. The number of para-hydroxylation sites is 1. The van der Waals surface area contributed by atoms with E-state index in [0.29, 0.717) is 10.9 Å². The molecule has 0 aliphatic carbocycles. The summed E-state index contributed by atoms with van der Waals surface area (Å²) in [6, 6.07) is 15.8. The fraction of sp³-hybridized carbons (Fsp3) is 0.240. The van der Waals surface area contributed by atoms with Gasteiger partial charge in [-0.3, -0.25) is 14.7 Å². The zero-order valence-electron chi connectivity index (χ0n) is 19.0. The zero-order valence-corrected chi connectivity index (χ0v) is 20.6. The molecule has 4 rings (SSSR count). The van der Waals surface area contributed by atoms with Crippen molar-refractivity contribution < 1.29 is 17.9 Å². The third-order valence-corrected chi connectivity index (χ3v) is 8.27. The molecular weight excluding hydrogens is 470 g/mol. The van der Waals surface area contributed by atoms with Crippen LogP contribution in [-0.4, -0.2) is 37.2 Å². The highest BCUT2D eigenvalue weighted by Gasteiger charge is 2.24. The lowest BCUT2D eigenvalue weighted by atomic mass is 10.1. The number of methoxy groups -OCH3 is 1. The number of nitrogens with zero attached hydrogens (tertiary/aromatic N) is 3. The zero-order chi connectivity index (χ0) is 24.1. The van der Waals surface area contributed by atoms with E-state index in [0.717, 1.165) is 27.8 Å². The number of ether oxygens (including phenoxy) is 1. The summed E-state index contributed by atoms with van der Waals surface area (Å²) in [7, 11) is -2.12. The highest BCUT2D eigenvalue weighted by atomic mass is 32.2. The minimum absolute atomic E-state index is 0.157. The molecule has 0 unspecified atom stereocenters. The molecule has 2 heterocycles. The molecule has 0 radical (unpaired) electrons. The quantitative estimate of drug-likeness (QED) is 0.336. The molecule has 0 bridgehead atoms. The molecule has 0 aliphatic rings. The van der Waals surface area contributed by atoms with Gasteiger partial charge >= 0.3 is 0 Å². The van der Waals surface area contributed by atoms with E-state index in [4.69, 9.17) is 9.72 Å². The molecule has 9 heteroatoms. The Morgan fingerprint density at radius 2 is 1.79 bits per heavy atom. The van der Waals surface area contributed by atoms with Gasteiger partial charge in [-0.25, -0.2) is 13.4 Å². The van der Waals surface area contributed by atoms with Crippen molar-refractivity contribution >= 4 is 42.4 Å². The summed E-state index contributed by atoms with van der Waals surface area (Å²) < 4.78 is 31.8. The smallest absolute Gasteiger partial charge is 0.230 e. The molecule has 176 valence electrons. The molecule has 0 aliphatic heterocycles. The van der Waals surface area contributed by atoms with Crippen LogP contribution in [0.5, 0.6) is 5.75 Å². The van der Waals surface area contributed by atoms with E-state index >= 15 is 0 Å². The standard InChI is InChI=1S/C25H25N3O4S2/c1-3-19-5-4-6-22-24(19)27-25(33-22)28(17-18-11-14-26-15-12-18)23(29)13-16-34(30,31)21-9-7-20(32-2)8-10-21/h4-12,14-15H,3,13,16-17H2,1-2H3. The summed E-state index contributed by atoms with van der Waals surface area (Å²) in [4.78, 5) is 23.9. The first-order chi connectivity index (χ1) is 16.4. The molecule has 1 amide bonds. The third kappa shape index (κ3) is 5.26. The number of hydrogen-bond acceptors (Lipinski definition) is 7. The lowest BCUT2D eigenvalue weighted by Gasteiger charge is -2.20. The number of fused-ring (bicyclic) bond motifs is 1. The number of sulfone groups is 1. The molecule has 0 spiro atoms. The normalized spacial score (nSPS) is 11.5. The van der Waals surface area contributed by atoms with E-state index in [1.807, 2.05) is 30.3 Å². The molecule has 0 N–H and O–H groups in total. The Morgan fingerprint density at radius 1 is 1.06 bits per heavy atom. The minimum Gasteiger partial charge on any atom is -0.497 e. The first kappa shape index (κ1) is 23.8. The van der Waals surface area contributed by atoms with Crippen LogP contribution in [-0.2, 0) is 27.6 Å². The van der Waals surface area contributed by atoms with Crippen LogP contribution in [0.15, 0.2) is 71.9 Å². The average molecular weight is 496 g/mol. The maximum absolute atomic E-state index is 13.4. The fourth-order valence-electron chi connectivity index (χ4n) is 3.59. The first-order valence-corrected chi connectivity index (χ1v) is 13.3. The van der Waals surface area contributed by atoms with Gasteiger partial charge in [-0.1, -0.05) is 30.4 Å². The van der Waals surface area contributed by atoms with Crippen molar-refractivity contribution in [3.05, 3.63) is 78.1 Å². The predicted octanol–water partition coefficient (Wildman–Crippen LogP) is 4.66. The van der Waals surface area contributed by atoms with Crippen LogP contribution in [0, 0.1) is 0 Å². The highest BCUT2D eigenvalue weighted by Crippen LogP contribution is 2.32. The SMILES string of the molecule is CCc1cccc2sc(N(Cc3ccncc3)C(=O)CCS(=O)(=O)c3ccc(OC)cc3)nc12. The van der Waals surface area contributed by atoms with Gasteiger partial charge in [-0.2, -0.15) is 0 Å². The first-order valence-electron chi connectivity index (χ1n) is 10.9. The van der Waals surface area contributed by atoms with Crippen LogP contribution in [0.3, 0.4) is 0 Å². The van der Waals surface area contributed by atoms with E-state index in [1.165, 1.54) is 30.6 Å². The molecule has 7 nitrogen and oxygen atoms in total. The van der Waals surface area contributed by atoms with E-state index in [-0.39, 0.29) is 29.5 Å². The monoisotopic (exact) mass is 495 g/mol. The fourth-order valence-corrected chi connectivity index (χ4v) is 5.85. The lowest BCUT2D eigenvalue weighted by Crippen LogP contribution is -2.31. The van der Waals surface area contributed by atoms with Crippen molar-refractivity contribution in [2.75, 3.05) is 17.8 Å². The van der Waals surface area contributed by atoms with Gasteiger partial charge in [0.1, 0.15) is 5.75 Å². The summed E-state index contributed by atoms with van der Waals surface area (Å²) in [6.07, 6.45) is 4.01. The van der Waals surface area contributed by atoms with Crippen LogP contribution in [0.2, 0.25) is 0 Å². The number of aromatic nitrogens is 2. The lowest BCUT2D eigenvalue weighted by molar-refractivity contribution is -0.118. The topological polar surface area (TPSA) is 89.5 Å². The van der Waals surface area contributed by atoms with Crippen LogP contribution >= 0.6 is 11.3 Å².